The Kier molecular flexibility index (Phi) is 5.16. The number of rotatable bonds is 5. The van der Waals surface area contributed by atoms with E-state index in [1.807, 2.05) is 24.3 Å². The molecule has 6 nitrogen and oxygen atoms in total. The van der Waals surface area contributed by atoms with E-state index in [4.69, 9.17) is 15.2 Å². The molecule has 0 saturated heterocycles. The number of hydrogen-bond donors (Lipinski definition) is 1. The molecular formula is C17H21N3O3. The maximum absolute atomic E-state index is 11.8. The summed E-state index contributed by atoms with van der Waals surface area (Å²) in [6, 6.07) is 7.87. The summed E-state index contributed by atoms with van der Waals surface area (Å²) < 4.78 is 10.6. The van der Waals surface area contributed by atoms with Gasteiger partial charge >= 0.3 is 5.97 Å². The van der Waals surface area contributed by atoms with Gasteiger partial charge in [-0.1, -0.05) is 32.9 Å². The molecule has 1 aromatic heterocycles. The van der Waals surface area contributed by atoms with Gasteiger partial charge in [0.25, 0.3) is 0 Å². The molecule has 0 fully saturated rings. The van der Waals surface area contributed by atoms with E-state index in [2.05, 4.69) is 30.7 Å². The number of benzene rings is 1. The van der Waals surface area contributed by atoms with Gasteiger partial charge in [-0.15, -0.1) is 0 Å². The van der Waals surface area contributed by atoms with Gasteiger partial charge in [-0.25, -0.2) is 14.8 Å². The van der Waals surface area contributed by atoms with Crippen LogP contribution in [0.1, 0.15) is 36.8 Å². The molecule has 0 amide bonds. The molecule has 0 atom stereocenters. The van der Waals surface area contributed by atoms with Crippen LogP contribution < -0.4 is 10.5 Å². The Hall–Kier alpha value is -2.63. The van der Waals surface area contributed by atoms with Gasteiger partial charge in [0.05, 0.1) is 0 Å². The molecule has 0 aliphatic rings. The van der Waals surface area contributed by atoms with Gasteiger partial charge in [0, 0.05) is 12.4 Å². The van der Waals surface area contributed by atoms with Crippen molar-refractivity contribution in [1.29, 1.82) is 0 Å². The third kappa shape index (κ3) is 4.67. The SMILES string of the molecule is CC(C)(C)c1ccc(OCCOC(=O)c2nccnc2N)cc1. The van der Waals surface area contributed by atoms with E-state index in [1.165, 1.54) is 18.0 Å². The van der Waals surface area contributed by atoms with Gasteiger partial charge < -0.3 is 15.2 Å². The molecule has 0 aliphatic carbocycles. The van der Waals surface area contributed by atoms with Crippen molar-refractivity contribution < 1.29 is 14.3 Å². The van der Waals surface area contributed by atoms with E-state index in [0.717, 1.165) is 5.75 Å². The van der Waals surface area contributed by atoms with Gasteiger partial charge in [0.15, 0.2) is 11.5 Å². The number of nitrogens with two attached hydrogens (primary N) is 1. The van der Waals surface area contributed by atoms with Crippen LogP contribution in [-0.2, 0) is 10.2 Å². The second kappa shape index (κ2) is 7.09. The number of nitrogen functional groups attached to an aromatic ring is 1. The minimum atomic E-state index is -0.609. The van der Waals surface area contributed by atoms with Crippen molar-refractivity contribution in [3.05, 3.63) is 47.9 Å². The van der Waals surface area contributed by atoms with Gasteiger partial charge in [-0.2, -0.15) is 0 Å². The first-order chi connectivity index (χ1) is 10.9. The van der Waals surface area contributed by atoms with Crippen molar-refractivity contribution in [2.75, 3.05) is 18.9 Å². The fourth-order valence-corrected chi connectivity index (χ4v) is 1.92. The van der Waals surface area contributed by atoms with E-state index in [-0.39, 0.29) is 30.1 Å². The number of ether oxygens (including phenoxy) is 2. The van der Waals surface area contributed by atoms with Crippen LogP contribution in [0.3, 0.4) is 0 Å². The van der Waals surface area contributed by atoms with E-state index in [1.54, 1.807) is 0 Å². The second-order valence-electron chi connectivity index (χ2n) is 6.05. The minimum Gasteiger partial charge on any atom is -0.490 e. The molecule has 2 N–H and O–H groups in total. The predicted octanol–water partition coefficient (Wildman–Crippen LogP) is 2.59. The summed E-state index contributed by atoms with van der Waals surface area (Å²) in [5.41, 5.74) is 6.91. The molecule has 1 aromatic carbocycles. The first kappa shape index (κ1) is 16.7. The monoisotopic (exact) mass is 315 g/mol. The van der Waals surface area contributed by atoms with Crippen molar-refractivity contribution in [3.63, 3.8) is 0 Å². The predicted molar refractivity (Wildman–Crippen MR) is 87.4 cm³/mol. The van der Waals surface area contributed by atoms with E-state index in [0.29, 0.717) is 0 Å². The average Bonchev–Trinajstić information content (AvgIpc) is 2.51. The third-order valence-electron chi connectivity index (χ3n) is 3.23. The van der Waals surface area contributed by atoms with Crippen LogP contribution in [0.4, 0.5) is 5.82 Å². The highest BCUT2D eigenvalue weighted by Crippen LogP contribution is 2.24. The Morgan fingerprint density at radius 1 is 1.09 bits per heavy atom. The van der Waals surface area contributed by atoms with Crippen LogP contribution in [0.15, 0.2) is 36.7 Å². The van der Waals surface area contributed by atoms with E-state index < -0.39 is 5.97 Å². The molecule has 122 valence electrons. The van der Waals surface area contributed by atoms with Crippen molar-refractivity contribution in [3.8, 4) is 5.75 Å². The molecule has 1 heterocycles. The largest absolute Gasteiger partial charge is 0.490 e. The Balaban J connectivity index is 1.79. The average molecular weight is 315 g/mol. The lowest BCUT2D eigenvalue weighted by atomic mass is 9.87. The Morgan fingerprint density at radius 3 is 2.35 bits per heavy atom. The van der Waals surface area contributed by atoms with Gasteiger partial charge in [0.1, 0.15) is 19.0 Å². The van der Waals surface area contributed by atoms with Crippen LogP contribution in [-0.4, -0.2) is 29.2 Å². The highest BCUT2D eigenvalue weighted by molar-refractivity contribution is 5.91. The normalized spacial score (nSPS) is 11.1. The summed E-state index contributed by atoms with van der Waals surface area (Å²) in [5, 5.41) is 0. The van der Waals surface area contributed by atoms with E-state index >= 15 is 0 Å². The fraction of sp³-hybridized carbons (Fsp3) is 0.353. The molecule has 0 spiro atoms. The van der Waals surface area contributed by atoms with Crippen molar-refractivity contribution in [2.24, 2.45) is 0 Å². The highest BCUT2D eigenvalue weighted by Gasteiger charge is 2.14. The van der Waals surface area contributed by atoms with E-state index in [9.17, 15) is 4.79 Å². The van der Waals surface area contributed by atoms with Crippen molar-refractivity contribution in [2.45, 2.75) is 26.2 Å². The standard InChI is InChI=1S/C17H21N3O3/c1-17(2,3)12-4-6-13(7-5-12)22-10-11-23-16(21)14-15(18)20-9-8-19-14/h4-9H,10-11H2,1-3H3,(H2,18,20). The lowest BCUT2D eigenvalue weighted by Crippen LogP contribution is -2.15. The maximum atomic E-state index is 11.8. The van der Waals surface area contributed by atoms with Crippen LogP contribution in [0.25, 0.3) is 0 Å². The number of hydrogen-bond acceptors (Lipinski definition) is 6. The third-order valence-corrected chi connectivity index (χ3v) is 3.23. The summed E-state index contributed by atoms with van der Waals surface area (Å²) in [7, 11) is 0. The molecule has 2 aromatic rings. The van der Waals surface area contributed by atoms with Crippen LogP contribution >= 0.6 is 0 Å². The lowest BCUT2D eigenvalue weighted by Gasteiger charge is -2.19. The topological polar surface area (TPSA) is 87.3 Å². The first-order valence-corrected chi connectivity index (χ1v) is 7.35. The molecular weight excluding hydrogens is 294 g/mol. The second-order valence-corrected chi connectivity index (χ2v) is 6.05. The number of esters is 1. The quantitative estimate of drug-likeness (QED) is 0.674. The Labute approximate surface area is 135 Å². The number of carbonyl (C=O) groups excluding carboxylic acids is 1. The summed E-state index contributed by atoms with van der Waals surface area (Å²) in [6.07, 6.45) is 2.80. The van der Waals surface area contributed by atoms with Crippen LogP contribution in [0, 0.1) is 0 Å². The zero-order valence-corrected chi connectivity index (χ0v) is 13.6. The molecule has 0 unspecified atom stereocenters. The zero-order valence-electron chi connectivity index (χ0n) is 13.6. The number of nitrogens with zero attached hydrogens (tertiary/aromatic N) is 2. The van der Waals surface area contributed by atoms with Crippen LogP contribution in [0.2, 0.25) is 0 Å². The summed E-state index contributed by atoms with van der Waals surface area (Å²) >= 11 is 0. The Morgan fingerprint density at radius 2 is 1.74 bits per heavy atom. The van der Waals surface area contributed by atoms with Gasteiger partial charge in [-0.3, -0.25) is 0 Å². The first-order valence-electron chi connectivity index (χ1n) is 7.35. The lowest BCUT2D eigenvalue weighted by molar-refractivity contribution is 0.0444. The maximum Gasteiger partial charge on any atom is 0.360 e. The molecule has 23 heavy (non-hydrogen) atoms. The molecule has 0 bridgehead atoms. The number of anilines is 1. The van der Waals surface area contributed by atoms with Crippen molar-refractivity contribution >= 4 is 11.8 Å². The van der Waals surface area contributed by atoms with Crippen molar-refractivity contribution in [1.82, 2.24) is 9.97 Å². The molecule has 0 radical (unpaired) electrons. The van der Waals surface area contributed by atoms with Gasteiger partial charge in [-0.05, 0) is 23.1 Å². The molecule has 0 aliphatic heterocycles. The summed E-state index contributed by atoms with van der Waals surface area (Å²) in [4.78, 5) is 19.4. The van der Waals surface area contributed by atoms with Crippen LogP contribution in [0.5, 0.6) is 5.75 Å². The molecule has 0 saturated carbocycles. The molecule has 2 rings (SSSR count). The smallest absolute Gasteiger partial charge is 0.360 e. The Bertz CT molecular complexity index is 664. The zero-order chi connectivity index (χ0) is 16.9. The summed E-state index contributed by atoms with van der Waals surface area (Å²) in [5.74, 6) is 0.173. The fourth-order valence-electron chi connectivity index (χ4n) is 1.92. The van der Waals surface area contributed by atoms with Gasteiger partial charge in [0.2, 0.25) is 0 Å². The summed E-state index contributed by atoms with van der Waals surface area (Å²) in [6.45, 7) is 6.82. The molecule has 6 heteroatoms. The number of aromatic nitrogens is 2. The minimum absolute atomic E-state index is 0.0158. The number of carbonyl (C=O) groups is 1. The highest BCUT2D eigenvalue weighted by atomic mass is 16.6.